The first-order valence-electron chi connectivity index (χ1n) is 6.30. The number of hydrogen-bond acceptors (Lipinski definition) is 2. The van der Waals surface area contributed by atoms with Crippen molar-refractivity contribution in [3.05, 3.63) is 0 Å². The molecule has 82 valence electrons. The lowest BCUT2D eigenvalue weighted by atomic mass is 9.98. The van der Waals surface area contributed by atoms with Gasteiger partial charge in [0.05, 0.1) is 0 Å². The molecular weight excluding hydrogens is 172 g/mol. The molecular formula is C12H24N2. The Morgan fingerprint density at radius 2 is 1.79 bits per heavy atom. The van der Waals surface area contributed by atoms with E-state index in [1.54, 1.807) is 0 Å². The third-order valence-corrected chi connectivity index (χ3v) is 3.99. The number of nitrogens with zero attached hydrogens (tertiary/aromatic N) is 1. The minimum absolute atomic E-state index is 0.760. The number of nitrogens with one attached hydrogen (secondary N) is 1. The first kappa shape index (κ1) is 10.4. The topological polar surface area (TPSA) is 15.3 Å². The van der Waals surface area contributed by atoms with E-state index in [1.165, 1.54) is 58.2 Å². The molecule has 0 spiro atoms. The van der Waals surface area contributed by atoms with Crippen LogP contribution in [0.3, 0.4) is 0 Å². The van der Waals surface area contributed by atoms with Crippen LogP contribution in [0, 0.1) is 5.92 Å². The van der Waals surface area contributed by atoms with Crippen molar-refractivity contribution in [2.24, 2.45) is 5.92 Å². The van der Waals surface area contributed by atoms with Gasteiger partial charge in [0.1, 0.15) is 0 Å². The van der Waals surface area contributed by atoms with Gasteiger partial charge in [-0.15, -0.1) is 0 Å². The van der Waals surface area contributed by atoms with E-state index < -0.39 is 0 Å². The third kappa shape index (κ3) is 2.48. The van der Waals surface area contributed by atoms with Gasteiger partial charge in [-0.25, -0.2) is 0 Å². The highest BCUT2D eigenvalue weighted by atomic mass is 15.2. The molecule has 1 saturated heterocycles. The van der Waals surface area contributed by atoms with Crippen LogP contribution in [0.15, 0.2) is 0 Å². The largest absolute Gasteiger partial charge is 0.315 e. The van der Waals surface area contributed by atoms with Crippen molar-refractivity contribution in [2.45, 2.75) is 44.6 Å². The summed E-state index contributed by atoms with van der Waals surface area (Å²) < 4.78 is 0. The summed E-state index contributed by atoms with van der Waals surface area (Å²) in [4.78, 5) is 2.64. The lowest BCUT2D eigenvalue weighted by molar-refractivity contribution is 0.249. The molecule has 0 bridgehead atoms. The maximum atomic E-state index is 3.53. The highest BCUT2D eigenvalue weighted by Crippen LogP contribution is 2.28. The van der Waals surface area contributed by atoms with Crippen molar-refractivity contribution in [3.8, 4) is 0 Å². The molecule has 14 heavy (non-hydrogen) atoms. The molecule has 0 radical (unpaired) electrons. The average molecular weight is 196 g/mol. The van der Waals surface area contributed by atoms with Crippen LogP contribution in [-0.2, 0) is 0 Å². The fourth-order valence-electron chi connectivity index (χ4n) is 3.08. The number of rotatable bonds is 4. The fraction of sp³-hybridized carbons (Fsp3) is 1.00. The van der Waals surface area contributed by atoms with E-state index in [-0.39, 0.29) is 0 Å². The zero-order valence-electron chi connectivity index (χ0n) is 9.47. The van der Waals surface area contributed by atoms with Gasteiger partial charge in [0.2, 0.25) is 0 Å². The summed E-state index contributed by atoms with van der Waals surface area (Å²) in [6.07, 6.45) is 8.67. The first-order chi connectivity index (χ1) is 6.90. The van der Waals surface area contributed by atoms with Crippen LogP contribution in [0.2, 0.25) is 0 Å². The number of hydrogen-bond donors (Lipinski definition) is 1. The van der Waals surface area contributed by atoms with Crippen molar-refractivity contribution in [3.63, 3.8) is 0 Å². The molecule has 2 nitrogen and oxygen atoms in total. The molecule has 0 aromatic heterocycles. The van der Waals surface area contributed by atoms with Crippen LogP contribution in [0.25, 0.3) is 0 Å². The molecule has 2 fully saturated rings. The van der Waals surface area contributed by atoms with Crippen LogP contribution >= 0.6 is 0 Å². The highest BCUT2D eigenvalue weighted by molar-refractivity contribution is 4.83. The Kier molecular flexibility index (Phi) is 3.82. The zero-order chi connectivity index (χ0) is 9.80. The molecule has 1 N–H and O–H groups in total. The molecule has 1 atom stereocenters. The highest BCUT2D eigenvalue weighted by Gasteiger charge is 2.26. The van der Waals surface area contributed by atoms with Gasteiger partial charge >= 0.3 is 0 Å². The summed E-state index contributed by atoms with van der Waals surface area (Å²) in [6.45, 7) is 3.97. The minimum Gasteiger partial charge on any atom is -0.315 e. The average Bonchev–Trinajstić information content (AvgIpc) is 2.86. The summed E-state index contributed by atoms with van der Waals surface area (Å²) in [7, 11) is 2.14. The number of likely N-dealkylation sites (tertiary alicyclic amines) is 1. The summed E-state index contributed by atoms with van der Waals surface area (Å²) >= 11 is 0. The number of likely N-dealkylation sites (N-methyl/N-ethyl adjacent to an activating group) is 1. The van der Waals surface area contributed by atoms with Crippen molar-refractivity contribution in [2.75, 3.05) is 26.7 Å². The second-order valence-electron chi connectivity index (χ2n) is 4.95. The van der Waals surface area contributed by atoms with E-state index in [1.807, 2.05) is 0 Å². The Bertz CT molecular complexity index is 158. The SMILES string of the molecule is CNC(CN1CCCC1)C1CCCC1. The van der Waals surface area contributed by atoms with Crippen LogP contribution in [-0.4, -0.2) is 37.6 Å². The molecule has 1 unspecified atom stereocenters. The summed E-state index contributed by atoms with van der Waals surface area (Å²) in [5.41, 5.74) is 0. The van der Waals surface area contributed by atoms with Crippen LogP contribution in [0.1, 0.15) is 38.5 Å². The monoisotopic (exact) mass is 196 g/mol. The first-order valence-corrected chi connectivity index (χ1v) is 6.30. The van der Waals surface area contributed by atoms with Gasteiger partial charge < -0.3 is 10.2 Å². The van der Waals surface area contributed by atoms with E-state index in [0.29, 0.717) is 0 Å². The van der Waals surface area contributed by atoms with Gasteiger partial charge in [-0.3, -0.25) is 0 Å². The molecule has 1 aliphatic carbocycles. The van der Waals surface area contributed by atoms with Crippen molar-refractivity contribution < 1.29 is 0 Å². The van der Waals surface area contributed by atoms with Gasteiger partial charge in [-0.1, -0.05) is 12.8 Å². The smallest absolute Gasteiger partial charge is 0.0220 e. The minimum atomic E-state index is 0.760. The van der Waals surface area contributed by atoms with Gasteiger partial charge in [-0.05, 0) is 51.7 Å². The fourth-order valence-corrected chi connectivity index (χ4v) is 3.08. The molecule has 2 aliphatic rings. The Balaban J connectivity index is 1.79. The lowest BCUT2D eigenvalue weighted by Crippen LogP contribution is -2.42. The van der Waals surface area contributed by atoms with Crippen molar-refractivity contribution in [1.29, 1.82) is 0 Å². The summed E-state index contributed by atoms with van der Waals surface area (Å²) in [5.74, 6) is 0.959. The molecule has 0 amide bonds. The molecule has 1 aliphatic heterocycles. The predicted octanol–water partition coefficient (Wildman–Crippen LogP) is 1.86. The molecule has 1 saturated carbocycles. The van der Waals surface area contributed by atoms with Gasteiger partial charge in [-0.2, -0.15) is 0 Å². The maximum absolute atomic E-state index is 3.53. The second kappa shape index (κ2) is 5.13. The predicted molar refractivity (Wildman–Crippen MR) is 60.5 cm³/mol. The maximum Gasteiger partial charge on any atom is 0.0220 e. The Hall–Kier alpha value is -0.0800. The quantitative estimate of drug-likeness (QED) is 0.738. The Morgan fingerprint density at radius 1 is 1.14 bits per heavy atom. The third-order valence-electron chi connectivity index (χ3n) is 3.99. The normalized spacial score (nSPS) is 27.2. The van der Waals surface area contributed by atoms with Gasteiger partial charge in [0, 0.05) is 12.6 Å². The molecule has 0 aromatic rings. The van der Waals surface area contributed by atoms with E-state index in [0.717, 1.165) is 12.0 Å². The zero-order valence-corrected chi connectivity index (χ0v) is 9.47. The van der Waals surface area contributed by atoms with Crippen molar-refractivity contribution >= 4 is 0 Å². The van der Waals surface area contributed by atoms with Gasteiger partial charge in [0.25, 0.3) is 0 Å². The van der Waals surface area contributed by atoms with Crippen molar-refractivity contribution in [1.82, 2.24) is 10.2 Å². The molecule has 2 rings (SSSR count). The van der Waals surface area contributed by atoms with E-state index >= 15 is 0 Å². The summed E-state index contributed by atoms with van der Waals surface area (Å²) in [5, 5.41) is 3.53. The second-order valence-corrected chi connectivity index (χ2v) is 4.95. The standard InChI is InChI=1S/C12H24N2/c1-13-12(11-6-2-3-7-11)10-14-8-4-5-9-14/h11-13H,2-10H2,1H3. The Labute approximate surface area is 88.1 Å². The van der Waals surface area contributed by atoms with Crippen LogP contribution < -0.4 is 5.32 Å². The van der Waals surface area contributed by atoms with E-state index in [2.05, 4.69) is 17.3 Å². The molecule has 1 heterocycles. The van der Waals surface area contributed by atoms with Gasteiger partial charge in [0.15, 0.2) is 0 Å². The Morgan fingerprint density at radius 3 is 2.36 bits per heavy atom. The van der Waals surface area contributed by atoms with E-state index in [9.17, 15) is 0 Å². The van der Waals surface area contributed by atoms with E-state index in [4.69, 9.17) is 0 Å². The molecule has 0 aromatic carbocycles. The summed E-state index contributed by atoms with van der Waals surface area (Å²) in [6, 6.07) is 0.760. The van der Waals surface area contributed by atoms with Crippen LogP contribution in [0.4, 0.5) is 0 Å². The lowest BCUT2D eigenvalue weighted by Gasteiger charge is -2.27. The van der Waals surface area contributed by atoms with Crippen LogP contribution in [0.5, 0.6) is 0 Å². The molecule has 2 heteroatoms.